The minimum Gasteiger partial charge on any atom is -0.375 e. The quantitative estimate of drug-likeness (QED) is 0.740. The van der Waals surface area contributed by atoms with Crippen LogP contribution >= 0.6 is 0 Å². The van der Waals surface area contributed by atoms with Crippen LogP contribution in [0.3, 0.4) is 0 Å². The largest absolute Gasteiger partial charge is 0.375 e. The second-order valence-corrected chi connectivity index (χ2v) is 7.19. The molecule has 1 fully saturated rings. The van der Waals surface area contributed by atoms with Gasteiger partial charge in [0.05, 0.1) is 6.61 Å². The Bertz CT molecular complexity index is 476. The first kappa shape index (κ1) is 13.3. The zero-order valence-corrected chi connectivity index (χ0v) is 12.4. The third kappa shape index (κ3) is 1.49. The van der Waals surface area contributed by atoms with E-state index >= 15 is 0 Å². The monoisotopic (exact) mass is 264 g/mol. The molecule has 1 N–H and O–H groups in total. The maximum atomic E-state index is 11.3. The van der Waals surface area contributed by atoms with Gasteiger partial charge in [-0.05, 0) is 35.3 Å². The zero-order chi connectivity index (χ0) is 14.1. The lowest BCUT2D eigenvalue weighted by Crippen LogP contribution is -2.57. The van der Waals surface area contributed by atoms with Crippen molar-refractivity contribution in [2.24, 2.45) is 11.3 Å². The Balaban J connectivity index is 2.16. The summed E-state index contributed by atoms with van der Waals surface area (Å²) in [7, 11) is 1.63. The highest BCUT2D eigenvalue weighted by atomic mass is 16.7. The maximum Gasteiger partial charge on any atom is 0.206 e. The number of allylic oxidation sites excluding steroid dienone is 1. The minimum absolute atomic E-state index is 0.210. The number of methoxy groups -OCH3 is 1. The van der Waals surface area contributed by atoms with E-state index in [0.29, 0.717) is 18.9 Å². The van der Waals surface area contributed by atoms with Gasteiger partial charge in [-0.25, -0.2) is 0 Å². The van der Waals surface area contributed by atoms with E-state index in [-0.39, 0.29) is 5.41 Å². The van der Waals surface area contributed by atoms with Gasteiger partial charge in [-0.3, -0.25) is 0 Å². The highest BCUT2D eigenvalue weighted by Crippen LogP contribution is 2.60. The second kappa shape index (κ2) is 3.72. The molecule has 2 aliphatic carbocycles. The zero-order valence-electron chi connectivity index (χ0n) is 12.4. The van der Waals surface area contributed by atoms with Crippen LogP contribution in [0.1, 0.15) is 40.0 Å². The number of fused-ring (bicyclic) bond motifs is 2. The first-order chi connectivity index (χ1) is 8.76. The van der Waals surface area contributed by atoms with E-state index in [2.05, 4.69) is 27.4 Å². The summed E-state index contributed by atoms with van der Waals surface area (Å²) in [4.78, 5) is 0. The van der Waals surface area contributed by atoms with Crippen molar-refractivity contribution in [1.82, 2.24) is 0 Å². The predicted molar refractivity (Wildman–Crippen MR) is 73.6 cm³/mol. The lowest BCUT2D eigenvalue weighted by atomic mass is 9.69. The number of aliphatic hydroxyl groups is 1. The molecule has 0 aromatic carbocycles. The lowest BCUT2D eigenvalue weighted by molar-refractivity contribution is -0.267. The fourth-order valence-electron chi connectivity index (χ4n) is 4.26. The molecule has 3 aliphatic rings. The first-order valence-corrected chi connectivity index (χ1v) is 7.08. The molecule has 0 radical (unpaired) electrons. The molecule has 19 heavy (non-hydrogen) atoms. The molecule has 0 amide bonds. The summed E-state index contributed by atoms with van der Waals surface area (Å²) in [5.74, 6) is -0.536. The van der Waals surface area contributed by atoms with Crippen LogP contribution in [0.4, 0.5) is 0 Å². The van der Waals surface area contributed by atoms with Crippen molar-refractivity contribution < 1.29 is 14.6 Å². The predicted octanol–water partition coefficient (Wildman–Crippen LogP) is 2.80. The van der Waals surface area contributed by atoms with Crippen LogP contribution in [0.2, 0.25) is 0 Å². The highest BCUT2D eigenvalue weighted by molar-refractivity contribution is 5.47. The highest BCUT2D eigenvalue weighted by Gasteiger charge is 2.65. The summed E-state index contributed by atoms with van der Waals surface area (Å²) >= 11 is 0. The van der Waals surface area contributed by atoms with Crippen LogP contribution in [-0.4, -0.2) is 30.2 Å². The summed E-state index contributed by atoms with van der Waals surface area (Å²) in [5.41, 5.74) is 2.33. The number of hydrogen-bond acceptors (Lipinski definition) is 3. The molecule has 3 unspecified atom stereocenters. The van der Waals surface area contributed by atoms with Gasteiger partial charge in [0, 0.05) is 13.5 Å². The Kier molecular flexibility index (Phi) is 2.61. The fourth-order valence-corrected chi connectivity index (χ4v) is 4.26. The molecule has 0 aromatic rings. The van der Waals surface area contributed by atoms with Crippen molar-refractivity contribution in [3.8, 4) is 0 Å². The van der Waals surface area contributed by atoms with E-state index < -0.39 is 11.4 Å². The van der Waals surface area contributed by atoms with Gasteiger partial charge in [-0.1, -0.05) is 32.9 Å². The molecule has 0 spiro atoms. The van der Waals surface area contributed by atoms with Gasteiger partial charge in [0.1, 0.15) is 0 Å². The number of rotatable bonds is 1. The van der Waals surface area contributed by atoms with Gasteiger partial charge in [0.25, 0.3) is 0 Å². The van der Waals surface area contributed by atoms with Gasteiger partial charge in [-0.15, -0.1) is 0 Å². The summed E-state index contributed by atoms with van der Waals surface area (Å²) in [6.45, 7) is 11.2. The third-order valence-corrected chi connectivity index (χ3v) is 5.19. The van der Waals surface area contributed by atoms with Crippen molar-refractivity contribution in [1.29, 1.82) is 0 Å². The summed E-state index contributed by atoms with van der Waals surface area (Å²) in [6, 6.07) is 0. The van der Waals surface area contributed by atoms with Crippen LogP contribution < -0.4 is 0 Å². The van der Waals surface area contributed by atoms with Crippen LogP contribution in [-0.2, 0) is 9.47 Å². The molecule has 3 heteroatoms. The Morgan fingerprint density at radius 2 is 2.05 bits per heavy atom. The van der Waals surface area contributed by atoms with Crippen LogP contribution in [0, 0.1) is 11.3 Å². The van der Waals surface area contributed by atoms with E-state index in [0.717, 1.165) is 24.0 Å². The Hall–Kier alpha value is -0.640. The van der Waals surface area contributed by atoms with Gasteiger partial charge in [0.15, 0.2) is 5.60 Å². The molecule has 3 atom stereocenters. The van der Waals surface area contributed by atoms with Gasteiger partial charge in [-0.2, -0.15) is 0 Å². The Labute approximate surface area is 115 Å². The third-order valence-electron chi connectivity index (χ3n) is 5.19. The van der Waals surface area contributed by atoms with E-state index in [1.165, 1.54) is 5.57 Å². The van der Waals surface area contributed by atoms with Gasteiger partial charge < -0.3 is 14.6 Å². The van der Waals surface area contributed by atoms with Crippen molar-refractivity contribution >= 4 is 0 Å². The first-order valence-electron chi connectivity index (χ1n) is 7.08. The van der Waals surface area contributed by atoms with Crippen molar-refractivity contribution in [3.63, 3.8) is 0 Å². The molecule has 3 nitrogen and oxygen atoms in total. The molecule has 0 bridgehead atoms. The molecule has 3 rings (SSSR count). The van der Waals surface area contributed by atoms with Crippen molar-refractivity contribution in [2.75, 3.05) is 13.7 Å². The molecular formula is C16H24O3. The smallest absolute Gasteiger partial charge is 0.206 e. The molecular weight excluding hydrogens is 240 g/mol. The SMILES string of the molecule is C=C1COC2(OC)CC(C)C3=C(CC(C)(C)C3)C12O. The summed E-state index contributed by atoms with van der Waals surface area (Å²) in [5, 5.41) is 11.3. The Morgan fingerprint density at radius 3 is 2.68 bits per heavy atom. The van der Waals surface area contributed by atoms with Gasteiger partial charge >= 0.3 is 0 Å². The Morgan fingerprint density at radius 1 is 1.37 bits per heavy atom. The second-order valence-electron chi connectivity index (χ2n) is 7.19. The minimum atomic E-state index is -1.13. The van der Waals surface area contributed by atoms with Crippen molar-refractivity contribution in [3.05, 3.63) is 23.3 Å². The average Bonchev–Trinajstić information content (AvgIpc) is 2.79. The van der Waals surface area contributed by atoms with E-state index in [9.17, 15) is 5.11 Å². The lowest BCUT2D eigenvalue weighted by Gasteiger charge is -2.46. The van der Waals surface area contributed by atoms with E-state index in [1.807, 2.05) is 0 Å². The normalized spacial score (nSPS) is 44.5. The standard InChI is InChI=1S/C16H24O3/c1-10-6-15(18-5)16(17,11(2)9-19-15)13-8-14(3,4)7-12(10)13/h10,17H,2,6-9H2,1,3-5H3. The molecule has 1 aliphatic heterocycles. The van der Waals surface area contributed by atoms with E-state index in [1.54, 1.807) is 7.11 Å². The van der Waals surface area contributed by atoms with Crippen LogP contribution in [0.25, 0.3) is 0 Å². The molecule has 106 valence electrons. The summed E-state index contributed by atoms with van der Waals surface area (Å²) < 4.78 is 11.5. The maximum absolute atomic E-state index is 11.3. The average molecular weight is 264 g/mol. The van der Waals surface area contributed by atoms with E-state index in [4.69, 9.17) is 9.47 Å². The van der Waals surface area contributed by atoms with Crippen LogP contribution in [0.5, 0.6) is 0 Å². The fraction of sp³-hybridized carbons (Fsp3) is 0.750. The van der Waals surface area contributed by atoms with Crippen LogP contribution in [0.15, 0.2) is 23.3 Å². The molecule has 1 heterocycles. The number of ether oxygens (including phenoxy) is 2. The van der Waals surface area contributed by atoms with Gasteiger partial charge in [0.2, 0.25) is 5.79 Å². The topological polar surface area (TPSA) is 38.7 Å². The molecule has 0 aromatic heterocycles. The summed E-state index contributed by atoms with van der Waals surface area (Å²) in [6.07, 6.45) is 2.66. The molecule has 0 saturated carbocycles. The number of hydrogen-bond donors (Lipinski definition) is 1. The van der Waals surface area contributed by atoms with Crippen molar-refractivity contribution in [2.45, 2.75) is 51.4 Å². The molecule has 1 saturated heterocycles.